The van der Waals surface area contributed by atoms with Crippen molar-refractivity contribution in [3.8, 4) is 5.88 Å². The van der Waals surface area contributed by atoms with Crippen LogP contribution < -0.4 is 4.74 Å². The van der Waals surface area contributed by atoms with Crippen molar-refractivity contribution in [3.05, 3.63) is 36.0 Å². The van der Waals surface area contributed by atoms with Crippen molar-refractivity contribution < 1.29 is 32.2 Å². The topological polar surface area (TPSA) is 57.7 Å². The maximum absolute atomic E-state index is 12.7. The van der Waals surface area contributed by atoms with Gasteiger partial charge in [0.2, 0.25) is 5.88 Å². The SMILES string of the molecule is C=C(C)C(=O)OC(C)(CCC(F)(F)F)c1ccnc(OCOCC)c1. The predicted octanol–water partition coefficient (Wildman–Crippen LogP) is 4.13. The lowest BCUT2D eigenvalue weighted by molar-refractivity contribution is -0.167. The van der Waals surface area contributed by atoms with E-state index in [9.17, 15) is 18.0 Å². The van der Waals surface area contributed by atoms with Crippen molar-refractivity contribution in [1.82, 2.24) is 4.98 Å². The summed E-state index contributed by atoms with van der Waals surface area (Å²) in [7, 11) is 0. The van der Waals surface area contributed by atoms with Crippen molar-refractivity contribution in [2.75, 3.05) is 13.4 Å². The van der Waals surface area contributed by atoms with Crippen LogP contribution in [-0.4, -0.2) is 30.5 Å². The number of aromatic nitrogens is 1. The number of esters is 1. The van der Waals surface area contributed by atoms with Crippen molar-refractivity contribution in [1.29, 1.82) is 0 Å². The standard InChI is InChI=1S/C17H22F3NO4/c1-5-23-11-24-14-10-13(6-9-21-14)16(4,7-8-17(18,19)20)25-15(22)12(2)3/h6,9-10H,2,5,7-8,11H2,1,3-4H3. The molecule has 1 atom stereocenters. The second-order valence-electron chi connectivity index (χ2n) is 5.65. The molecule has 0 aliphatic carbocycles. The zero-order chi connectivity index (χ0) is 19.1. The van der Waals surface area contributed by atoms with E-state index in [1.807, 2.05) is 0 Å². The fourth-order valence-electron chi connectivity index (χ4n) is 1.93. The molecule has 0 bridgehead atoms. The summed E-state index contributed by atoms with van der Waals surface area (Å²) >= 11 is 0. The van der Waals surface area contributed by atoms with Crippen molar-refractivity contribution in [2.24, 2.45) is 0 Å². The summed E-state index contributed by atoms with van der Waals surface area (Å²) in [5.74, 6) is -0.603. The number of halogens is 3. The third-order valence-electron chi connectivity index (χ3n) is 3.39. The van der Waals surface area contributed by atoms with E-state index in [0.717, 1.165) is 0 Å². The van der Waals surface area contributed by atoms with Crippen LogP contribution in [0.4, 0.5) is 13.2 Å². The summed E-state index contributed by atoms with van der Waals surface area (Å²) in [6, 6.07) is 2.91. The molecule has 140 valence electrons. The van der Waals surface area contributed by atoms with Gasteiger partial charge in [-0.25, -0.2) is 9.78 Å². The van der Waals surface area contributed by atoms with Crippen LogP contribution in [0.15, 0.2) is 30.5 Å². The molecular formula is C17H22F3NO4. The van der Waals surface area contributed by atoms with Crippen molar-refractivity contribution >= 4 is 5.97 Å². The normalized spacial score (nSPS) is 13.8. The molecule has 0 saturated heterocycles. The zero-order valence-electron chi connectivity index (χ0n) is 14.5. The number of ether oxygens (including phenoxy) is 3. The highest BCUT2D eigenvalue weighted by atomic mass is 19.4. The maximum Gasteiger partial charge on any atom is 0.389 e. The molecule has 0 N–H and O–H groups in total. The molecule has 0 amide bonds. The number of rotatable bonds is 9. The second kappa shape index (κ2) is 8.84. The Morgan fingerprint density at radius 1 is 1.32 bits per heavy atom. The van der Waals surface area contributed by atoms with E-state index >= 15 is 0 Å². The smallest absolute Gasteiger partial charge is 0.389 e. The molecule has 1 heterocycles. The highest BCUT2D eigenvalue weighted by Gasteiger charge is 2.37. The summed E-state index contributed by atoms with van der Waals surface area (Å²) in [5.41, 5.74) is -1.06. The van der Waals surface area contributed by atoms with Crippen LogP contribution in [0.5, 0.6) is 5.88 Å². The summed E-state index contributed by atoms with van der Waals surface area (Å²) in [5, 5.41) is 0. The highest BCUT2D eigenvalue weighted by Crippen LogP contribution is 2.36. The molecule has 1 rings (SSSR count). The van der Waals surface area contributed by atoms with Gasteiger partial charge in [0.1, 0.15) is 5.60 Å². The van der Waals surface area contributed by atoms with E-state index in [1.165, 1.54) is 32.2 Å². The van der Waals surface area contributed by atoms with Crippen LogP contribution in [0.2, 0.25) is 0 Å². The molecule has 0 radical (unpaired) electrons. The number of nitrogens with zero attached hydrogens (tertiary/aromatic N) is 1. The Labute approximate surface area is 144 Å². The van der Waals surface area contributed by atoms with E-state index < -0.39 is 30.6 Å². The number of carbonyl (C=O) groups is 1. The molecular weight excluding hydrogens is 339 g/mol. The molecule has 1 unspecified atom stereocenters. The van der Waals surface area contributed by atoms with Gasteiger partial charge in [-0.2, -0.15) is 13.2 Å². The van der Waals surface area contributed by atoms with Crippen LogP contribution in [-0.2, 0) is 19.9 Å². The number of carbonyl (C=O) groups excluding carboxylic acids is 1. The average Bonchev–Trinajstić information content (AvgIpc) is 2.53. The minimum Gasteiger partial charge on any atom is -0.451 e. The Morgan fingerprint density at radius 3 is 2.56 bits per heavy atom. The van der Waals surface area contributed by atoms with E-state index in [4.69, 9.17) is 14.2 Å². The first-order valence-electron chi connectivity index (χ1n) is 7.70. The monoisotopic (exact) mass is 361 g/mol. The molecule has 0 aliphatic heterocycles. The number of hydrogen-bond donors (Lipinski definition) is 0. The Hall–Kier alpha value is -2.09. The first kappa shape index (κ1) is 21.0. The van der Waals surface area contributed by atoms with Gasteiger partial charge in [-0.15, -0.1) is 0 Å². The molecule has 8 heteroatoms. The predicted molar refractivity (Wildman–Crippen MR) is 84.9 cm³/mol. The van der Waals surface area contributed by atoms with Crippen LogP contribution in [0.25, 0.3) is 0 Å². The number of hydrogen-bond acceptors (Lipinski definition) is 5. The molecule has 1 aromatic heterocycles. The van der Waals surface area contributed by atoms with Crippen molar-refractivity contribution in [2.45, 2.75) is 45.4 Å². The third kappa shape index (κ3) is 7.13. The summed E-state index contributed by atoms with van der Waals surface area (Å²) in [6.07, 6.45) is -4.55. The van der Waals surface area contributed by atoms with Crippen LogP contribution >= 0.6 is 0 Å². The summed E-state index contributed by atoms with van der Waals surface area (Å²) < 4.78 is 53.6. The van der Waals surface area contributed by atoms with E-state index in [0.29, 0.717) is 12.2 Å². The molecule has 1 aromatic rings. The lowest BCUT2D eigenvalue weighted by Gasteiger charge is -2.31. The largest absolute Gasteiger partial charge is 0.451 e. The maximum atomic E-state index is 12.7. The summed E-state index contributed by atoms with van der Waals surface area (Å²) in [4.78, 5) is 15.8. The minimum atomic E-state index is -4.38. The fourth-order valence-corrected chi connectivity index (χ4v) is 1.93. The Morgan fingerprint density at radius 2 is 2.00 bits per heavy atom. The van der Waals surface area contributed by atoms with Gasteiger partial charge in [0.05, 0.1) is 0 Å². The second-order valence-corrected chi connectivity index (χ2v) is 5.65. The first-order valence-corrected chi connectivity index (χ1v) is 7.70. The quantitative estimate of drug-likeness (QED) is 0.286. The fraction of sp³-hybridized carbons (Fsp3) is 0.529. The first-order chi connectivity index (χ1) is 11.6. The van der Waals surface area contributed by atoms with Crippen LogP contribution in [0.3, 0.4) is 0 Å². The lowest BCUT2D eigenvalue weighted by atomic mass is 9.91. The minimum absolute atomic E-state index is 0.0439. The Balaban J connectivity index is 3.06. The van der Waals surface area contributed by atoms with Gasteiger partial charge >= 0.3 is 12.1 Å². The van der Waals surface area contributed by atoms with Crippen LogP contribution in [0, 0.1) is 0 Å². The molecule has 0 saturated carbocycles. The van der Waals surface area contributed by atoms with Gasteiger partial charge in [0.15, 0.2) is 6.79 Å². The molecule has 0 fully saturated rings. The van der Waals surface area contributed by atoms with Crippen molar-refractivity contribution in [3.63, 3.8) is 0 Å². The van der Waals surface area contributed by atoms with E-state index in [1.54, 1.807) is 6.92 Å². The van der Waals surface area contributed by atoms with Gasteiger partial charge < -0.3 is 14.2 Å². The lowest BCUT2D eigenvalue weighted by Crippen LogP contribution is -2.31. The number of pyridine rings is 1. The van der Waals surface area contributed by atoms with Gasteiger partial charge in [0, 0.05) is 36.4 Å². The van der Waals surface area contributed by atoms with Gasteiger partial charge in [-0.3, -0.25) is 0 Å². The molecule has 0 spiro atoms. The Bertz CT molecular complexity index is 604. The Kier molecular flexibility index (Phi) is 7.41. The molecule has 0 aromatic carbocycles. The van der Waals surface area contributed by atoms with Crippen LogP contribution in [0.1, 0.15) is 39.2 Å². The molecule has 5 nitrogen and oxygen atoms in total. The average molecular weight is 361 g/mol. The molecule has 25 heavy (non-hydrogen) atoms. The van der Waals surface area contributed by atoms with E-state index in [2.05, 4.69) is 11.6 Å². The third-order valence-corrected chi connectivity index (χ3v) is 3.39. The van der Waals surface area contributed by atoms with E-state index in [-0.39, 0.29) is 18.2 Å². The highest BCUT2D eigenvalue weighted by molar-refractivity contribution is 5.87. The number of alkyl halides is 3. The van der Waals surface area contributed by atoms with Gasteiger partial charge in [-0.05, 0) is 33.3 Å². The van der Waals surface area contributed by atoms with Gasteiger partial charge in [-0.1, -0.05) is 6.58 Å². The van der Waals surface area contributed by atoms with Gasteiger partial charge in [0.25, 0.3) is 0 Å². The summed E-state index contributed by atoms with van der Waals surface area (Å²) in [6.45, 7) is 8.49. The molecule has 0 aliphatic rings. The zero-order valence-corrected chi connectivity index (χ0v) is 14.5.